The SMILES string of the molecule is CSc1cccc(Oc2ncc(F)cc2C(=O)NC2CCN(C(=O)C(C)C)CC2)c1.CSc1cccc(Oc2ncc(F)cc2C(=O)NC2CCNCC2)c1. The summed E-state index contributed by atoms with van der Waals surface area (Å²) >= 11 is 3.15. The molecule has 15 heteroatoms. The van der Waals surface area contributed by atoms with Gasteiger partial charge >= 0.3 is 0 Å². The van der Waals surface area contributed by atoms with Crippen molar-refractivity contribution in [3.8, 4) is 23.3 Å². The molecule has 3 N–H and O–H groups in total. The van der Waals surface area contributed by atoms with Crippen molar-refractivity contribution in [2.75, 3.05) is 38.7 Å². The van der Waals surface area contributed by atoms with Gasteiger partial charge in [-0.25, -0.2) is 18.7 Å². The van der Waals surface area contributed by atoms with Crippen LogP contribution in [0.5, 0.6) is 23.3 Å². The summed E-state index contributed by atoms with van der Waals surface area (Å²) in [6.45, 7) is 6.66. The molecule has 2 fully saturated rings. The molecule has 0 spiro atoms. The van der Waals surface area contributed by atoms with Gasteiger partial charge in [-0.1, -0.05) is 26.0 Å². The van der Waals surface area contributed by atoms with Crippen LogP contribution in [0.2, 0.25) is 0 Å². The summed E-state index contributed by atoms with van der Waals surface area (Å²) in [5.74, 6) is -0.663. The molecular weight excluding hydrogens is 747 g/mol. The van der Waals surface area contributed by atoms with E-state index in [0.29, 0.717) is 37.4 Å². The highest BCUT2D eigenvalue weighted by Gasteiger charge is 2.27. The van der Waals surface area contributed by atoms with E-state index in [4.69, 9.17) is 9.47 Å². The van der Waals surface area contributed by atoms with E-state index in [-0.39, 0.29) is 52.7 Å². The van der Waals surface area contributed by atoms with E-state index in [1.54, 1.807) is 35.7 Å². The highest BCUT2D eigenvalue weighted by molar-refractivity contribution is 7.98. The number of nitrogens with zero attached hydrogens (tertiary/aromatic N) is 3. The summed E-state index contributed by atoms with van der Waals surface area (Å²) in [5.41, 5.74) is 0.151. The Balaban J connectivity index is 0.000000214. The molecule has 4 aromatic rings. The molecule has 0 bridgehead atoms. The Morgan fingerprint density at radius 2 is 1.20 bits per heavy atom. The molecule has 2 aromatic carbocycles. The first-order valence-corrected chi connectivity index (χ1v) is 20.5. The highest BCUT2D eigenvalue weighted by Crippen LogP contribution is 2.29. The van der Waals surface area contributed by atoms with Gasteiger partial charge in [0.05, 0.1) is 12.4 Å². The van der Waals surface area contributed by atoms with Crippen molar-refractivity contribution in [3.63, 3.8) is 0 Å². The van der Waals surface area contributed by atoms with Gasteiger partial charge in [-0.3, -0.25) is 14.4 Å². The van der Waals surface area contributed by atoms with Crippen LogP contribution in [0.1, 0.15) is 60.2 Å². The van der Waals surface area contributed by atoms with E-state index < -0.39 is 17.5 Å². The van der Waals surface area contributed by atoms with Crippen LogP contribution >= 0.6 is 23.5 Å². The third-order valence-corrected chi connectivity index (χ3v) is 10.4. The zero-order valence-corrected chi connectivity index (χ0v) is 32.9. The zero-order chi connectivity index (χ0) is 39.3. The molecule has 2 saturated heterocycles. The number of aromatic nitrogens is 2. The van der Waals surface area contributed by atoms with Gasteiger partial charge in [0.1, 0.15) is 34.3 Å². The summed E-state index contributed by atoms with van der Waals surface area (Å²) < 4.78 is 39.0. The monoisotopic (exact) mass is 792 g/mol. The van der Waals surface area contributed by atoms with Gasteiger partial charge in [-0.05, 0) is 99.8 Å². The normalized spacial score (nSPS) is 14.8. The Bertz CT molecular complexity index is 1940. The third kappa shape index (κ3) is 12.1. The van der Waals surface area contributed by atoms with Crippen LogP contribution in [0.15, 0.2) is 82.8 Å². The molecule has 4 heterocycles. The average molecular weight is 793 g/mol. The van der Waals surface area contributed by atoms with E-state index in [1.165, 1.54) is 0 Å². The van der Waals surface area contributed by atoms with E-state index in [1.807, 2.05) is 67.7 Å². The summed E-state index contributed by atoms with van der Waals surface area (Å²) in [6, 6.07) is 17.1. The van der Waals surface area contributed by atoms with Crippen LogP contribution in [-0.2, 0) is 4.79 Å². The smallest absolute Gasteiger partial charge is 0.257 e. The first-order chi connectivity index (χ1) is 26.5. The van der Waals surface area contributed by atoms with Gasteiger partial charge in [-0.15, -0.1) is 23.5 Å². The largest absolute Gasteiger partial charge is 0.438 e. The van der Waals surface area contributed by atoms with Crippen LogP contribution in [0.25, 0.3) is 0 Å². The van der Waals surface area contributed by atoms with Gasteiger partial charge in [-0.2, -0.15) is 0 Å². The first-order valence-electron chi connectivity index (χ1n) is 18.1. The third-order valence-electron chi connectivity index (χ3n) is 8.95. The number of hydrogen-bond donors (Lipinski definition) is 3. The second-order valence-corrected chi connectivity index (χ2v) is 15.1. The van der Waals surface area contributed by atoms with Crippen molar-refractivity contribution in [1.82, 2.24) is 30.8 Å². The van der Waals surface area contributed by atoms with Crippen LogP contribution < -0.4 is 25.4 Å². The van der Waals surface area contributed by atoms with E-state index in [9.17, 15) is 23.2 Å². The molecule has 0 saturated carbocycles. The van der Waals surface area contributed by atoms with Gasteiger partial charge < -0.3 is 30.3 Å². The molecule has 0 aliphatic carbocycles. The number of ether oxygens (including phenoxy) is 2. The Hall–Kier alpha value is -4.73. The Labute approximate surface area is 328 Å². The molecule has 2 aliphatic rings. The fourth-order valence-electron chi connectivity index (χ4n) is 6.00. The maximum absolute atomic E-state index is 13.8. The predicted molar refractivity (Wildman–Crippen MR) is 210 cm³/mol. The Kier molecular flexibility index (Phi) is 15.3. The van der Waals surface area contributed by atoms with Crippen LogP contribution in [-0.4, -0.2) is 83.4 Å². The highest BCUT2D eigenvalue weighted by atomic mass is 32.2. The number of benzene rings is 2. The lowest BCUT2D eigenvalue weighted by Gasteiger charge is -2.33. The van der Waals surface area contributed by atoms with Crippen molar-refractivity contribution in [3.05, 3.63) is 95.8 Å². The summed E-state index contributed by atoms with van der Waals surface area (Å²) in [6.07, 6.45) is 9.00. The molecule has 55 heavy (non-hydrogen) atoms. The fourth-order valence-corrected chi connectivity index (χ4v) is 6.89. The van der Waals surface area contributed by atoms with Crippen molar-refractivity contribution in [1.29, 1.82) is 0 Å². The molecule has 6 rings (SSSR count). The number of rotatable bonds is 11. The minimum absolute atomic E-state index is 0.0428. The minimum Gasteiger partial charge on any atom is -0.438 e. The lowest BCUT2D eigenvalue weighted by atomic mass is 10.0. The zero-order valence-electron chi connectivity index (χ0n) is 31.3. The van der Waals surface area contributed by atoms with Gasteiger partial charge in [0.25, 0.3) is 11.8 Å². The van der Waals surface area contributed by atoms with Crippen molar-refractivity contribution >= 4 is 41.2 Å². The van der Waals surface area contributed by atoms with E-state index >= 15 is 0 Å². The van der Waals surface area contributed by atoms with Crippen molar-refractivity contribution in [2.45, 2.75) is 61.4 Å². The van der Waals surface area contributed by atoms with Gasteiger partial charge in [0, 0.05) is 40.9 Å². The number of carbonyl (C=O) groups excluding carboxylic acids is 3. The lowest BCUT2D eigenvalue weighted by Crippen LogP contribution is -2.47. The van der Waals surface area contributed by atoms with E-state index in [2.05, 4.69) is 25.9 Å². The van der Waals surface area contributed by atoms with Crippen molar-refractivity contribution in [2.24, 2.45) is 5.92 Å². The van der Waals surface area contributed by atoms with Crippen molar-refractivity contribution < 1.29 is 32.6 Å². The van der Waals surface area contributed by atoms with Gasteiger partial charge in [0.2, 0.25) is 17.7 Å². The quantitative estimate of drug-likeness (QED) is 0.133. The Morgan fingerprint density at radius 3 is 1.64 bits per heavy atom. The predicted octanol–water partition coefficient (Wildman–Crippen LogP) is 7.33. The minimum atomic E-state index is -0.609. The second-order valence-electron chi connectivity index (χ2n) is 13.3. The molecule has 0 atom stereocenters. The number of piperidine rings is 2. The Morgan fingerprint density at radius 1 is 0.745 bits per heavy atom. The number of likely N-dealkylation sites (tertiary alicyclic amines) is 1. The maximum atomic E-state index is 13.8. The number of carbonyl (C=O) groups is 3. The number of pyridine rings is 2. The number of amides is 3. The average Bonchev–Trinajstić information content (AvgIpc) is 3.20. The number of nitrogens with one attached hydrogen (secondary N) is 3. The number of hydrogen-bond acceptors (Lipinski definition) is 10. The molecule has 2 aliphatic heterocycles. The molecule has 0 unspecified atom stereocenters. The maximum Gasteiger partial charge on any atom is 0.257 e. The molecule has 3 amide bonds. The second kappa shape index (κ2) is 20.3. The van der Waals surface area contributed by atoms with E-state index in [0.717, 1.165) is 60.2 Å². The molecular formula is C40H46F2N6O5S2. The standard InChI is InChI=1S/C22H26FN3O3S.C18H20FN3O2S/c1-14(2)22(28)26-9-7-16(8-10-26)25-20(27)19-11-15(23)13-24-21(19)29-17-5-4-6-18(12-17)30-3;1-25-15-4-2-3-14(10-15)24-18-16(9-12(19)11-21-18)17(23)22-13-5-7-20-8-6-13/h4-6,11-14,16H,7-10H2,1-3H3,(H,25,27);2-4,9-11,13,20H,5-8H2,1H3,(H,22,23). The van der Waals surface area contributed by atoms with Crippen LogP contribution in [0, 0.1) is 17.6 Å². The first kappa shape index (κ1) is 41.4. The number of halogens is 2. The van der Waals surface area contributed by atoms with Gasteiger partial charge in [0.15, 0.2) is 0 Å². The summed E-state index contributed by atoms with van der Waals surface area (Å²) in [5, 5.41) is 9.11. The topological polar surface area (TPSA) is 135 Å². The van der Waals surface area contributed by atoms with Crippen LogP contribution in [0.3, 0.4) is 0 Å². The molecule has 0 radical (unpaired) electrons. The molecule has 292 valence electrons. The molecule has 11 nitrogen and oxygen atoms in total. The van der Waals surface area contributed by atoms with Crippen LogP contribution in [0.4, 0.5) is 8.78 Å². The molecule has 2 aromatic heterocycles. The number of thioether (sulfide) groups is 2. The lowest BCUT2D eigenvalue weighted by molar-refractivity contribution is -0.135. The summed E-state index contributed by atoms with van der Waals surface area (Å²) in [7, 11) is 0. The summed E-state index contributed by atoms with van der Waals surface area (Å²) in [4.78, 5) is 49.3. The fraction of sp³-hybridized carbons (Fsp3) is 0.375.